The minimum atomic E-state index is -0.214. The van der Waals surface area contributed by atoms with Gasteiger partial charge >= 0.3 is 0 Å². The van der Waals surface area contributed by atoms with Crippen LogP contribution in [0.4, 0.5) is 0 Å². The Hall–Kier alpha value is -0.610. The van der Waals surface area contributed by atoms with Gasteiger partial charge in [-0.15, -0.1) is 0 Å². The zero-order valence-electron chi connectivity index (χ0n) is 9.83. The van der Waals surface area contributed by atoms with Gasteiger partial charge in [0.2, 0.25) is 5.91 Å². The Kier molecular flexibility index (Phi) is 5.05. The van der Waals surface area contributed by atoms with Crippen LogP contribution >= 0.6 is 0 Å². The van der Waals surface area contributed by atoms with Gasteiger partial charge in [-0.2, -0.15) is 0 Å². The highest BCUT2D eigenvalue weighted by Gasteiger charge is 2.22. The van der Waals surface area contributed by atoms with Gasteiger partial charge in [-0.3, -0.25) is 9.69 Å². The van der Waals surface area contributed by atoms with E-state index in [1.807, 2.05) is 0 Å². The van der Waals surface area contributed by atoms with Crippen molar-refractivity contribution in [3.63, 3.8) is 0 Å². The van der Waals surface area contributed by atoms with Gasteiger partial charge < -0.3 is 11.1 Å². The zero-order valence-corrected chi connectivity index (χ0v) is 9.83. The van der Waals surface area contributed by atoms with Crippen LogP contribution in [0.5, 0.6) is 0 Å². The summed E-state index contributed by atoms with van der Waals surface area (Å²) in [6, 6.07) is 0.529. The summed E-state index contributed by atoms with van der Waals surface area (Å²) in [6.45, 7) is 7.83. The van der Waals surface area contributed by atoms with Gasteiger partial charge in [0.25, 0.3) is 0 Å². The number of carbonyl (C=O) groups is 1. The third-order valence-electron chi connectivity index (χ3n) is 2.78. The number of piperidine rings is 1. The summed E-state index contributed by atoms with van der Waals surface area (Å²) in [6.07, 6.45) is 2.25. The number of nitrogens with two attached hydrogens (primary N) is 1. The number of nitrogens with one attached hydrogen (secondary N) is 1. The molecular formula is C11H23N3O. The number of hydrogen-bond donors (Lipinski definition) is 2. The maximum Gasteiger partial charge on any atom is 0.231 e. The molecule has 1 heterocycles. The van der Waals surface area contributed by atoms with Crippen LogP contribution in [0.25, 0.3) is 0 Å². The topological polar surface area (TPSA) is 58.4 Å². The van der Waals surface area contributed by atoms with Crippen molar-refractivity contribution in [2.45, 2.75) is 32.7 Å². The van der Waals surface area contributed by atoms with Crippen LogP contribution < -0.4 is 11.1 Å². The summed E-state index contributed by atoms with van der Waals surface area (Å²) in [5, 5.41) is 3.33. The van der Waals surface area contributed by atoms with Crippen molar-refractivity contribution in [1.29, 1.82) is 0 Å². The maximum atomic E-state index is 11.0. The molecule has 4 heteroatoms. The van der Waals surface area contributed by atoms with E-state index in [9.17, 15) is 4.79 Å². The molecule has 1 fully saturated rings. The Morgan fingerprint density at radius 2 is 2.07 bits per heavy atom. The lowest BCUT2D eigenvalue weighted by Gasteiger charge is -2.34. The van der Waals surface area contributed by atoms with Crippen molar-refractivity contribution in [3.8, 4) is 0 Å². The molecule has 0 bridgehead atoms. The quantitative estimate of drug-likeness (QED) is 0.685. The Bertz CT molecular complexity index is 200. The lowest BCUT2D eigenvalue weighted by molar-refractivity contribution is -0.120. The molecule has 1 aliphatic heterocycles. The fourth-order valence-electron chi connectivity index (χ4n) is 2.18. The lowest BCUT2D eigenvalue weighted by Crippen LogP contribution is -2.47. The Morgan fingerprint density at radius 3 is 2.53 bits per heavy atom. The fourth-order valence-corrected chi connectivity index (χ4v) is 2.18. The van der Waals surface area contributed by atoms with Crippen LogP contribution in [0.1, 0.15) is 26.7 Å². The van der Waals surface area contributed by atoms with E-state index in [0.717, 1.165) is 32.5 Å². The molecule has 1 saturated heterocycles. The van der Waals surface area contributed by atoms with E-state index in [-0.39, 0.29) is 5.91 Å². The molecule has 0 radical (unpaired) electrons. The average molecular weight is 213 g/mol. The van der Waals surface area contributed by atoms with Crippen LogP contribution in [-0.4, -0.2) is 43.0 Å². The van der Waals surface area contributed by atoms with Crippen molar-refractivity contribution < 1.29 is 4.79 Å². The summed E-state index contributed by atoms with van der Waals surface area (Å²) in [7, 11) is 0. The van der Waals surface area contributed by atoms with E-state index < -0.39 is 0 Å². The van der Waals surface area contributed by atoms with Crippen molar-refractivity contribution in [3.05, 3.63) is 0 Å². The van der Waals surface area contributed by atoms with Gasteiger partial charge in [0, 0.05) is 12.6 Å². The fraction of sp³-hybridized carbons (Fsp3) is 0.909. The molecule has 0 aromatic heterocycles. The van der Waals surface area contributed by atoms with Gasteiger partial charge in [0.15, 0.2) is 0 Å². The predicted molar refractivity (Wildman–Crippen MR) is 61.5 cm³/mol. The first kappa shape index (κ1) is 12.5. The highest BCUT2D eigenvalue weighted by atomic mass is 16.1. The highest BCUT2D eigenvalue weighted by Crippen LogP contribution is 2.13. The number of amides is 1. The normalized spacial score (nSPS) is 18.7. The maximum absolute atomic E-state index is 11.0. The molecule has 0 saturated carbocycles. The summed E-state index contributed by atoms with van der Waals surface area (Å²) >= 11 is 0. The molecule has 1 rings (SSSR count). The van der Waals surface area contributed by atoms with Crippen LogP contribution in [0.2, 0.25) is 0 Å². The second-order valence-electron chi connectivity index (χ2n) is 4.77. The molecule has 3 N–H and O–H groups in total. The minimum absolute atomic E-state index is 0.214. The standard InChI is InChI=1S/C11H23N3O/c1-9(2)7-14(8-11(12)15)10-3-5-13-6-4-10/h9-10,13H,3-8H2,1-2H3,(H2,12,15). The molecule has 0 aliphatic carbocycles. The van der Waals surface area contributed by atoms with Crippen molar-refractivity contribution in [1.82, 2.24) is 10.2 Å². The predicted octanol–water partition coefficient (Wildman–Crippen LogP) is 0.182. The van der Waals surface area contributed by atoms with Crippen LogP contribution in [-0.2, 0) is 4.79 Å². The van der Waals surface area contributed by atoms with E-state index in [1.165, 1.54) is 0 Å². The van der Waals surface area contributed by atoms with E-state index >= 15 is 0 Å². The monoisotopic (exact) mass is 213 g/mol. The number of rotatable bonds is 5. The zero-order chi connectivity index (χ0) is 11.3. The molecule has 0 aromatic carbocycles. The first-order valence-electron chi connectivity index (χ1n) is 5.82. The number of nitrogens with zero attached hydrogens (tertiary/aromatic N) is 1. The smallest absolute Gasteiger partial charge is 0.231 e. The van der Waals surface area contributed by atoms with Gasteiger partial charge in [-0.1, -0.05) is 13.8 Å². The number of hydrogen-bond acceptors (Lipinski definition) is 3. The number of primary amides is 1. The third-order valence-corrected chi connectivity index (χ3v) is 2.78. The largest absolute Gasteiger partial charge is 0.369 e. The van der Waals surface area contributed by atoms with Crippen LogP contribution in [0.15, 0.2) is 0 Å². The first-order valence-corrected chi connectivity index (χ1v) is 5.82. The molecule has 4 nitrogen and oxygen atoms in total. The molecule has 0 unspecified atom stereocenters. The second kappa shape index (κ2) is 6.08. The molecule has 88 valence electrons. The van der Waals surface area contributed by atoms with Crippen LogP contribution in [0.3, 0.4) is 0 Å². The van der Waals surface area contributed by atoms with E-state index in [1.54, 1.807) is 0 Å². The summed E-state index contributed by atoms with van der Waals surface area (Å²) in [5.41, 5.74) is 5.28. The summed E-state index contributed by atoms with van der Waals surface area (Å²) in [5.74, 6) is 0.369. The van der Waals surface area contributed by atoms with E-state index in [4.69, 9.17) is 5.73 Å². The molecule has 0 atom stereocenters. The minimum Gasteiger partial charge on any atom is -0.369 e. The Morgan fingerprint density at radius 1 is 1.47 bits per heavy atom. The average Bonchev–Trinajstić information content (AvgIpc) is 2.17. The molecular weight excluding hydrogens is 190 g/mol. The highest BCUT2D eigenvalue weighted by molar-refractivity contribution is 5.75. The third kappa shape index (κ3) is 4.62. The van der Waals surface area contributed by atoms with Crippen molar-refractivity contribution >= 4 is 5.91 Å². The Balaban J connectivity index is 2.48. The Labute approximate surface area is 92.2 Å². The molecule has 1 aliphatic rings. The van der Waals surface area contributed by atoms with Crippen molar-refractivity contribution in [2.24, 2.45) is 11.7 Å². The van der Waals surface area contributed by atoms with Crippen molar-refractivity contribution in [2.75, 3.05) is 26.2 Å². The van der Waals surface area contributed by atoms with E-state index in [0.29, 0.717) is 18.5 Å². The molecule has 0 spiro atoms. The SMILES string of the molecule is CC(C)CN(CC(N)=O)C1CCNCC1. The molecule has 1 amide bonds. The molecule has 0 aromatic rings. The van der Waals surface area contributed by atoms with Crippen LogP contribution in [0, 0.1) is 5.92 Å². The summed E-state index contributed by atoms with van der Waals surface area (Å²) < 4.78 is 0. The summed E-state index contributed by atoms with van der Waals surface area (Å²) in [4.78, 5) is 13.2. The second-order valence-corrected chi connectivity index (χ2v) is 4.77. The van der Waals surface area contributed by atoms with Gasteiger partial charge in [0.1, 0.15) is 0 Å². The van der Waals surface area contributed by atoms with E-state index in [2.05, 4.69) is 24.1 Å². The van der Waals surface area contributed by atoms with Gasteiger partial charge in [0.05, 0.1) is 6.54 Å². The first-order chi connectivity index (χ1) is 7.09. The van der Waals surface area contributed by atoms with Gasteiger partial charge in [-0.25, -0.2) is 0 Å². The number of carbonyl (C=O) groups excluding carboxylic acids is 1. The van der Waals surface area contributed by atoms with Gasteiger partial charge in [-0.05, 0) is 31.8 Å². The molecule has 15 heavy (non-hydrogen) atoms. The lowest BCUT2D eigenvalue weighted by atomic mass is 10.0.